The van der Waals surface area contributed by atoms with E-state index in [4.69, 9.17) is 5.14 Å². The van der Waals surface area contributed by atoms with Gasteiger partial charge in [-0.1, -0.05) is 6.07 Å². The number of nitrogens with two attached hydrogens (primary N) is 1. The van der Waals surface area contributed by atoms with Crippen molar-refractivity contribution in [1.82, 2.24) is 4.98 Å². The van der Waals surface area contributed by atoms with Crippen molar-refractivity contribution in [2.45, 2.75) is 19.9 Å². The van der Waals surface area contributed by atoms with Gasteiger partial charge in [0.25, 0.3) is 10.2 Å². The normalized spacial score (nSPS) is 12.9. The molecule has 0 aliphatic rings. The van der Waals surface area contributed by atoms with E-state index >= 15 is 0 Å². The summed E-state index contributed by atoms with van der Waals surface area (Å²) in [6.07, 6.45) is 0. The molecular formula is C12H16N4O2S2. The second-order valence-corrected chi connectivity index (χ2v) is 6.74. The van der Waals surface area contributed by atoms with E-state index in [0.29, 0.717) is 5.69 Å². The van der Waals surface area contributed by atoms with Gasteiger partial charge in [0.1, 0.15) is 0 Å². The lowest BCUT2D eigenvalue weighted by atomic mass is 10.2. The van der Waals surface area contributed by atoms with E-state index in [1.165, 1.54) is 0 Å². The molecule has 2 aromatic rings. The Bertz CT molecular complexity index is 697. The first kappa shape index (κ1) is 14.8. The molecule has 0 bridgehead atoms. The molecule has 0 saturated carbocycles. The van der Waals surface area contributed by atoms with Crippen LogP contribution in [0.1, 0.15) is 23.7 Å². The molecule has 0 amide bonds. The van der Waals surface area contributed by atoms with Crippen LogP contribution in [0.15, 0.2) is 29.6 Å². The summed E-state index contributed by atoms with van der Waals surface area (Å²) in [6.45, 7) is 3.95. The van der Waals surface area contributed by atoms with Gasteiger partial charge in [0.15, 0.2) is 0 Å². The van der Waals surface area contributed by atoms with Crippen LogP contribution >= 0.6 is 11.3 Å². The van der Waals surface area contributed by atoms with Crippen molar-refractivity contribution in [2.75, 3.05) is 10.0 Å². The number of nitrogens with zero attached hydrogens (tertiary/aromatic N) is 1. The first-order chi connectivity index (χ1) is 9.33. The molecule has 0 radical (unpaired) electrons. The summed E-state index contributed by atoms with van der Waals surface area (Å²) in [4.78, 5) is 4.41. The number of nitrogens with one attached hydrogen (secondary N) is 2. The number of hydrogen-bond donors (Lipinski definition) is 3. The Morgan fingerprint density at radius 1 is 1.35 bits per heavy atom. The minimum absolute atomic E-state index is 0.0321. The van der Waals surface area contributed by atoms with Crippen molar-refractivity contribution < 1.29 is 8.42 Å². The summed E-state index contributed by atoms with van der Waals surface area (Å²) in [5, 5.41) is 11.2. The molecule has 1 aromatic heterocycles. The third kappa shape index (κ3) is 4.19. The van der Waals surface area contributed by atoms with Gasteiger partial charge in [0.2, 0.25) is 0 Å². The highest BCUT2D eigenvalue weighted by Crippen LogP contribution is 2.23. The summed E-state index contributed by atoms with van der Waals surface area (Å²) in [7, 11) is -3.76. The SMILES string of the molecule is Cc1nc(C(C)Nc2cccc(NS(N)(=O)=O)c2)cs1. The summed E-state index contributed by atoms with van der Waals surface area (Å²) in [5.41, 5.74) is 2.16. The molecule has 8 heteroatoms. The van der Waals surface area contributed by atoms with Gasteiger partial charge in [-0.15, -0.1) is 11.3 Å². The van der Waals surface area contributed by atoms with Crippen molar-refractivity contribution in [3.8, 4) is 0 Å². The van der Waals surface area contributed by atoms with Gasteiger partial charge in [0, 0.05) is 11.1 Å². The van der Waals surface area contributed by atoms with Crippen LogP contribution < -0.4 is 15.2 Å². The van der Waals surface area contributed by atoms with E-state index in [1.54, 1.807) is 29.5 Å². The quantitative estimate of drug-likeness (QED) is 0.788. The molecule has 20 heavy (non-hydrogen) atoms. The van der Waals surface area contributed by atoms with Crippen LogP contribution in [-0.4, -0.2) is 13.4 Å². The molecule has 1 aromatic carbocycles. The van der Waals surface area contributed by atoms with Crippen LogP contribution in [0.3, 0.4) is 0 Å². The van der Waals surface area contributed by atoms with Gasteiger partial charge in [-0.05, 0) is 32.0 Å². The molecule has 1 unspecified atom stereocenters. The van der Waals surface area contributed by atoms with Gasteiger partial charge in [-0.25, -0.2) is 10.1 Å². The van der Waals surface area contributed by atoms with Crippen molar-refractivity contribution in [1.29, 1.82) is 0 Å². The molecule has 6 nitrogen and oxygen atoms in total. The van der Waals surface area contributed by atoms with Crippen molar-refractivity contribution in [3.63, 3.8) is 0 Å². The first-order valence-electron chi connectivity index (χ1n) is 5.92. The zero-order chi connectivity index (χ0) is 14.8. The summed E-state index contributed by atoms with van der Waals surface area (Å²) in [5.74, 6) is 0. The lowest BCUT2D eigenvalue weighted by Crippen LogP contribution is -2.21. The van der Waals surface area contributed by atoms with E-state index in [1.807, 2.05) is 25.3 Å². The zero-order valence-corrected chi connectivity index (χ0v) is 12.8. The van der Waals surface area contributed by atoms with E-state index in [0.717, 1.165) is 16.4 Å². The van der Waals surface area contributed by atoms with Crippen molar-refractivity contribution in [3.05, 3.63) is 40.3 Å². The van der Waals surface area contributed by atoms with E-state index in [9.17, 15) is 8.42 Å². The zero-order valence-electron chi connectivity index (χ0n) is 11.1. The Morgan fingerprint density at radius 2 is 2.05 bits per heavy atom. The maximum atomic E-state index is 11.0. The average molecular weight is 312 g/mol. The lowest BCUT2D eigenvalue weighted by molar-refractivity contribution is 0.603. The summed E-state index contributed by atoms with van der Waals surface area (Å²) < 4.78 is 24.2. The average Bonchev–Trinajstić information content (AvgIpc) is 2.74. The van der Waals surface area contributed by atoms with Crippen LogP contribution in [0.2, 0.25) is 0 Å². The highest BCUT2D eigenvalue weighted by atomic mass is 32.2. The Labute approximate surface area is 122 Å². The highest BCUT2D eigenvalue weighted by molar-refractivity contribution is 7.90. The van der Waals surface area contributed by atoms with Gasteiger partial charge >= 0.3 is 0 Å². The Morgan fingerprint density at radius 3 is 2.65 bits per heavy atom. The second kappa shape index (κ2) is 5.78. The fourth-order valence-electron chi connectivity index (χ4n) is 1.74. The molecule has 1 heterocycles. The number of aryl methyl sites for hydroxylation is 1. The molecular weight excluding hydrogens is 296 g/mol. The standard InChI is InChI=1S/C12H16N4O2S2/c1-8(12-7-19-9(2)15-12)14-10-4-3-5-11(6-10)16-20(13,17)18/h3-8,14,16H,1-2H3,(H2,13,17,18). The topological polar surface area (TPSA) is 97.1 Å². The van der Waals surface area contributed by atoms with Crippen molar-refractivity contribution >= 4 is 32.9 Å². The van der Waals surface area contributed by atoms with Gasteiger partial charge in [-0.2, -0.15) is 8.42 Å². The number of thiazole rings is 1. The summed E-state index contributed by atoms with van der Waals surface area (Å²) in [6, 6.07) is 6.94. The predicted molar refractivity (Wildman–Crippen MR) is 82.1 cm³/mol. The third-order valence-corrected chi connectivity index (χ3v) is 3.90. The van der Waals surface area contributed by atoms with Crippen LogP contribution in [-0.2, 0) is 10.2 Å². The van der Waals surface area contributed by atoms with Crippen LogP contribution in [0.5, 0.6) is 0 Å². The molecule has 0 spiro atoms. The Hall–Kier alpha value is -1.64. The number of rotatable bonds is 5. The number of anilines is 2. The molecule has 4 N–H and O–H groups in total. The van der Waals surface area contributed by atoms with Crippen LogP contribution in [0, 0.1) is 6.92 Å². The third-order valence-electron chi connectivity index (χ3n) is 2.59. The van der Waals surface area contributed by atoms with Crippen molar-refractivity contribution in [2.24, 2.45) is 5.14 Å². The smallest absolute Gasteiger partial charge is 0.296 e. The molecule has 0 aliphatic heterocycles. The molecule has 108 valence electrons. The van der Waals surface area contributed by atoms with Gasteiger partial charge < -0.3 is 5.32 Å². The minimum Gasteiger partial charge on any atom is -0.377 e. The number of aromatic nitrogens is 1. The highest BCUT2D eigenvalue weighted by Gasteiger charge is 2.09. The van der Waals surface area contributed by atoms with E-state index < -0.39 is 10.2 Å². The van der Waals surface area contributed by atoms with Crippen LogP contribution in [0.25, 0.3) is 0 Å². The van der Waals surface area contributed by atoms with Gasteiger partial charge in [-0.3, -0.25) is 4.72 Å². The number of hydrogen-bond acceptors (Lipinski definition) is 5. The predicted octanol–water partition coefficient (Wildman–Crippen LogP) is 2.24. The molecule has 0 aliphatic carbocycles. The maximum Gasteiger partial charge on any atom is 0.296 e. The fourth-order valence-corrected chi connectivity index (χ4v) is 2.90. The van der Waals surface area contributed by atoms with E-state index in [2.05, 4.69) is 15.0 Å². The minimum atomic E-state index is -3.76. The molecule has 0 fully saturated rings. The first-order valence-corrected chi connectivity index (χ1v) is 8.35. The monoisotopic (exact) mass is 312 g/mol. The van der Waals surface area contributed by atoms with Crippen LogP contribution in [0.4, 0.5) is 11.4 Å². The summed E-state index contributed by atoms with van der Waals surface area (Å²) >= 11 is 1.60. The lowest BCUT2D eigenvalue weighted by Gasteiger charge is -2.14. The molecule has 1 atom stereocenters. The Kier molecular flexibility index (Phi) is 4.26. The second-order valence-electron chi connectivity index (χ2n) is 4.39. The largest absolute Gasteiger partial charge is 0.377 e. The van der Waals surface area contributed by atoms with Gasteiger partial charge in [0.05, 0.1) is 22.4 Å². The Balaban J connectivity index is 2.11. The molecule has 0 saturated heterocycles. The fraction of sp³-hybridized carbons (Fsp3) is 0.250. The molecule has 2 rings (SSSR count). The number of benzene rings is 1. The van der Waals surface area contributed by atoms with E-state index in [-0.39, 0.29) is 6.04 Å². The maximum absolute atomic E-state index is 11.0.